The zero-order valence-corrected chi connectivity index (χ0v) is 27.3. The Bertz CT molecular complexity index is 1670. The topological polar surface area (TPSA) is 99.2 Å². The fourth-order valence-corrected chi connectivity index (χ4v) is 8.50. The van der Waals surface area contributed by atoms with Gasteiger partial charge in [-0.25, -0.2) is 0 Å². The van der Waals surface area contributed by atoms with Gasteiger partial charge in [-0.2, -0.15) is 0 Å². The molecule has 2 saturated heterocycles. The van der Waals surface area contributed by atoms with Crippen molar-refractivity contribution in [3.05, 3.63) is 59.2 Å². The van der Waals surface area contributed by atoms with E-state index in [2.05, 4.69) is 70.6 Å². The van der Waals surface area contributed by atoms with Gasteiger partial charge in [0.15, 0.2) is 0 Å². The average Bonchev–Trinajstić information content (AvgIpc) is 3.80. The Morgan fingerprint density at radius 1 is 0.800 bits per heavy atom. The standard InChI is InChI=1S/C37H46N6O2/c1-36(2)13-11-27-31(23-17-25(21-39-19-23)42-35(45)29-9-7-15-43(29)5)33-26(10-12-37(33,3)4)30(32(27)36)22-16-24(20-38-18-22)41-34(44)28-8-6-14-40-28/h16-21,28-29,40H,6-15H2,1-5H3,(H,41,44)(H,42,45)/t28-,29-/m0/s1. The number of nitrogens with zero attached hydrogens (tertiary/aromatic N) is 3. The van der Waals surface area contributed by atoms with Crippen molar-refractivity contribution in [2.45, 2.75) is 102 Å². The molecule has 3 N–H and O–H groups in total. The molecular formula is C37H46N6O2. The summed E-state index contributed by atoms with van der Waals surface area (Å²) in [4.78, 5) is 37.6. The SMILES string of the molecule is CN1CCC[C@H]1C(=O)Nc1cncc(-c2c3c(c(-c4cncc(NC(=O)[C@@H]5CCCN5)c4)c4c2C(C)(C)CC4)C(C)(C)CC3)c1. The number of pyridine rings is 2. The fraction of sp³-hybridized carbons (Fsp3) is 0.514. The van der Waals surface area contributed by atoms with E-state index in [1.54, 1.807) is 12.4 Å². The maximum atomic E-state index is 13.2. The molecule has 8 heteroatoms. The predicted octanol–water partition coefficient (Wildman–Crippen LogP) is 5.98. The van der Waals surface area contributed by atoms with E-state index in [4.69, 9.17) is 0 Å². The molecule has 0 unspecified atom stereocenters. The van der Waals surface area contributed by atoms with Crippen molar-refractivity contribution in [1.82, 2.24) is 20.2 Å². The largest absolute Gasteiger partial charge is 0.323 e. The van der Waals surface area contributed by atoms with Crippen LogP contribution >= 0.6 is 0 Å². The molecule has 0 bridgehead atoms. The normalized spacial score (nSPS) is 23.1. The van der Waals surface area contributed by atoms with E-state index < -0.39 is 0 Å². The molecule has 2 aromatic heterocycles. The maximum absolute atomic E-state index is 13.2. The van der Waals surface area contributed by atoms with Crippen molar-refractivity contribution < 1.29 is 9.59 Å². The lowest BCUT2D eigenvalue weighted by Crippen LogP contribution is -2.37. The second kappa shape index (κ2) is 11.3. The lowest BCUT2D eigenvalue weighted by molar-refractivity contribution is -0.120. The van der Waals surface area contributed by atoms with Gasteiger partial charge in [-0.1, -0.05) is 27.7 Å². The second-order valence-corrected chi connectivity index (χ2v) is 14.9. The first-order chi connectivity index (χ1) is 21.5. The number of carbonyl (C=O) groups excluding carboxylic acids is 2. The number of hydrogen-bond acceptors (Lipinski definition) is 6. The number of aromatic nitrogens is 2. The molecule has 2 amide bonds. The zero-order valence-electron chi connectivity index (χ0n) is 27.3. The van der Waals surface area contributed by atoms with Gasteiger partial charge in [-0.15, -0.1) is 0 Å². The van der Waals surface area contributed by atoms with Crippen molar-refractivity contribution in [2.75, 3.05) is 30.8 Å². The van der Waals surface area contributed by atoms with Crippen molar-refractivity contribution >= 4 is 23.2 Å². The van der Waals surface area contributed by atoms with E-state index in [1.165, 1.54) is 33.4 Å². The first-order valence-corrected chi connectivity index (χ1v) is 16.7. The molecule has 0 spiro atoms. The molecule has 2 atom stereocenters. The summed E-state index contributed by atoms with van der Waals surface area (Å²) in [6.45, 7) is 11.3. The number of fused-ring (bicyclic) bond motifs is 2. The molecule has 8 nitrogen and oxygen atoms in total. The minimum atomic E-state index is -0.144. The number of nitrogens with one attached hydrogen (secondary N) is 3. The van der Waals surface area contributed by atoms with Crippen LogP contribution in [0.1, 0.15) is 88.5 Å². The van der Waals surface area contributed by atoms with Crippen molar-refractivity contribution in [3.8, 4) is 22.3 Å². The monoisotopic (exact) mass is 606 g/mol. The molecule has 4 aliphatic rings. The Labute approximate surface area is 266 Å². The van der Waals surface area contributed by atoms with Crippen LogP contribution in [0.2, 0.25) is 0 Å². The summed E-state index contributed by atoms with van der Waals surface area (Å²) in [6, 6.07) is 4.01. The first kappa shape index (κ1) is 30.1. The van der Waals surface area contributed by atoms with Crippen molar-refractivity contribution in [2.24, 2.45) is 0 Å². The molecule has 2 fully saturated rings. The van der Waals surface area contributed by atoms with Gasteiger partial charge < -0.3 is 16.0 Å². The van der Waals surface area contributed by atoms with E-state index in [0.717, 1.165) is 87.0 Å². The summed E-state index contributed by atoms with van der Waals surface area (Å²) in [7, 11) is 2.02. The molecule has 2 aliphatic heterocycles. The Kier molecular flexibility index (Phi) is 7.56. The van der Waals surface area contributed by atoms with Crippen molar-refractivity contribution in [1.29, 1.82) is 0 Å². The third-order valence-electron chi connectivity index (χ3n) is 10.8. The van der Waals surface area contributed by atoms with Crippen LogP contribution < -0.4 is 16.0 Å². The van der Waals surface area contributed by atoms with Gasteiger partial charge in [0, 0.05) is 23.5 Å². The molecule has 2 aliphatic carbocycles. The van der Waals surface area contributed by atoms with Crippen LogP contribution in [0.3, 0.4) is 0 Å². The predicted molar refractivity (Wildman–Crippen MR) is 180 cm³/mol. The Hall–Kier alpha value is -3.62. The van der Waals surface area contributed by atoms with Crippen LogP contribution in [0.15, 0.2) is 36.9 Å². The number of likely N-dealkylation sites (tertiary alicyclic amines) is 1. The fourth-order valence-electron chi connectivity index (χ4n) is 8.50. The lowest BCUT2D eigenvalue weighted by Gasteiger charge is -2.30. The molecule has 1 aromatic carbocycles. The third-order valence-corrected chi connectivity index (χ3v) is 10.8. The Morgan fingerprint density at radius 3 is 1.84 bits per heavy atom. The quantitative estimate of drug-likeness (QED) is 0.319. The molecule has 236 valence electrons. The maximum Gasteiger partial charge on any atom is 0.241 e. The van der Waals surface area contributed by atoms with E-state index >= 15 is 0 Å². The summed E-state index contributed by atoms with van der Waals surface area (Å²) < 4.78 is 0. The highest BCUT2D eigenvalue weighted by atomic mass is 16.2. The van der Waals surface area contributed by atoms with Crippen LogP contribution in [-0.2, 0) is 33.3 Å². The lowest BCUT2D eigenvalue weighted by atomic mass is 9.74. The van der Waals surface area contributed by atoms with E-state index in [0.29, 0.717) is 0 Å². The van der Waals surface area contributed by atoms with Crippen LogP contribution in [0, 0.1) is 0 Å². The van der Waals surface area contributed by atoms with Gasteiger partial charge >= 0.3 is 0 Å². The number of likely N-dealkylation sites (N-methyl/N-ethyl adjacent to an activating group) is 1. The molecule has 4 heterocycles. The number of anilines is 2. The highest BCUT2D eigenvalue weighted by Gasteiger charge is 2.43. The van der Waals surface area contributed by atoms with E-state index in [1.807, 2.05) is 19.4 Å². The first-order valence-electron chi connectivity index (χ1n) is 16.7. The Morgan fingerprint density at radius 2 is 1.36 bits per heavy atom. The van der Waals surface area contributed by atoms with Gasteiger partial charge in [0.1, 0.15) is 0 Å². The molecule has 3 aromatic rings. The number of amides is 2. The number of carbonyl (C=O) groups is 2. The Balaban J connectivity index is 1.34. The average molecular weight is 607 g/mol. The van der Waals surface area contributed by atoms with Gasteiger partial charge in [-0.05, 0) is 128 Å². The van der Waals surface area contributed by atoms with Crippen LogP contribution in [0.5, 0.6) is 0 Å². The minimum Gasteiger partial charge on any atom is -0.323 e. The smallest absolute Gasteiger partial charge is 0.241 e. The van der Waals surface area contributed by atoms with Gasteiger partial charge in [0.2, 0.25) is 11.8 Å². The van der Waals surface area contributed by atoms with E-state index in [-0.39, 0.29) is 34.7 Å². The summed E-state index contributed by atoms with van der Waals surface area (Å²) in [6.07, 6.45) is 15.4. The third kappa shape index (κ3) is 5.36. The highest BCUT2D eigenvalue weighted by molar-refractivity contribution is 5.97. The molecule has 7 rings (SSSR count). The highest BCUT2D eigenvalue weighted by Crippen LogP contribution is 2.56. The molecule has 0 saturated carbocycles. The summed E-state index contributed by atoms with van der Waals surface area (Å²) >= 11 is 0. The zero-order chi connectivity index (χ0) is 31.5. The van der Waals surface area contributed by atoms with Crippen molar-refractivity contribution in [3.63, 3.8) is 0 Å². The summed E-state index contributed by atoms with van der Waals surface area (Å²) in [5, 5.41) is 9.62. The molecular weight excluding hydrogens is 560 g/mol. The number of hydrogen-bond donors (Lipinski definition) is 3. The van der Waals surface area contributed by atoms with Gasteiger partial charge in [0.05, 0.1) is 35.9 Å². The van der Waals surface area contributed by atoms with Crippen LogP contribution in [-0.4, -0.2) is 58.9 Å². The van der Waals surface area contributed by atoms with Crippen LogP contribution in [0.25, 0.3) is 22.3 Å². The van der Waals surface area contributed by atoms with Gasteiger partial charge in [0.25, 0.3) is 0 Å². The van der Waals surface area contributed by atoms with E-state index in [9.17, 15) is 9.59 Å². The molecule has 45 heavy (non-hydrogen) atoms. The van der Waals surface area contributed by atoms with Crippen LogP contribution in [0.4, 0.5) is 11.4 Å². The number of benzene rings is 1. The summed E-state index contributed by atoms with van der Waals surface area (Å²) in [5.74, 6) is 0.0576. The minimum absolute atomic E-state index is 0.0118. The van der Waals surface area contributed by atoms with Gasteiger partial charge in [-0.3, -0.25) is 24.5 Å². The second-order valence-electron chi connectivity index (χ2n) is 14.9. The summed E-state index contributed by atoms with van der Waals surface area (Å²) in [5.41, 5.74) is 11.7. The number of rotatable bonds is 6. The molecule has 0 radical (unpaired) electrons.